The SMILES string of the molecule is O=C(C1CCN(S(=O)(=O)c2cc(F)ccc2F)CC1)N1CCc2sccc2C1. The maximum Gasteiger partial charge on any atom is 0.246 e. The van der Waals surface area contributed by atoms with E-state index in [0.717, 1.165) is 22.9 Å². The van der Waals surface area contributed by atoms with Crippen LogP contribution in [0.3, 0.4) is 0 Å². The van der Waals surface area contributed by atoms with E-state index in [9.17, 15) is 22.0 Å². The second kappa shape index (κ2) is 7.53. The number of hydrogen-bond donors (Lipinski definition) is 0. The first-order valence-electron chi connectivity index (χ1n) is 9.15. The fourth-order valence-corrected chi connectivity index (χ4v) is 6.29. The fraction of sp³-hybridized carbons (Fsp3) is 0.421. The van der Waals surface area contributed by atoms with Crippen molar-refractivity contribution < 1.29 is 22.0 Å². The Labute approximate surface area is 166 Å². The van der Waals surface area contributed by atoms with E-state index in [1.54, 1.807) is 11.3 Å². The van der Waals surface area contributed by atoms with E-state index >= 15 is 0 Å². The van der Waals surface area contributed by atoms with Crippen molar-refractivity contribution in [2.24, 2.45) is 5.92 Å². The van der Waals surface area contributed by atoms with E-state index in [-0.39, 0.29) is 24.9 Å². The van der Waals surface area contributed by atoms with E-state index in [4.69, 9.17) is 0 Å². The molecule has 0 radical (unpaired) electrons. The normalized spacial score (nSPS) is 18.9. The maximum absolute atomic E-state index is 13.9. The zero-order valence-electron chi connectivity index (χ0n) is 15.1. The highest BCUT2D eigenvalue weighted by atomic mass is 32.2. The molecule has 1 aromatic carbocycles. The smallest absolute Gasteiger partial charge is 0.246 e. The van der Waals surface area contributed by atoms with Crippen LogP contribution in [-0.2, 0) is 27.8 Å². The van der Waals surface area contributed by atoms with Crippen LogP contribution in [0, 0.1) is 17.6 Å². The van der Waals surface area contributed by atoms with Crippen LogP contribution in [0.25, 0.3) is 0 Å². The Morgan fingerprint density at radius 3 is 2.61 bits per heavy atom. The van der Waals surface area contributed by atoms with Gasteiger partial charge in [-0.2, -0.15) is 4.31 Å². The van der Waals surface area contributed by atoms with Crippen LogP contribution in [0.5, 0.6) is 0 Å². The van der Waals surface area contributed by atoms with E-state index < -0.39 is 26.6 Å². The van der Waals surface area contributed by atoms with Gasteiger partial charge in [-0.1, -0.05) is 0 Å². The Bertz CT molecular complexity index is 998. The Kier molecular flexibility index (Phi) is 5.24. The molecule has 1 fully saturated rings. The quantitative estimate of drug-likeness (QED) is 0.758. The summed E-state index contributed by atoms with van der Waals surface area (Å²) in [4.78, 5) is 15.4. The number of sulfonamides is 1. The predicted molar refractivity (Wildman–Crippen MR) is 101 cm³/mol. The maximum atomic E-state index is 13.9. The molecule has 1 aromatic heterocycles. The number of thiophene rings is 1. The van der Waals surface area contributed by atoms with Crippen LogP contribution < -0.4 is 0 Å². The minimum absolute atomic E-state index is 0.0471. The number of hydrogen-bond acceptors (Lipinski definition) is 4. The number of rotatable bonds is 3. The van der Waals surface area contributed by atoms with Gasteiger partial charge in [0.15, 0.2) is 0 Å². The first-order valence-corrected chi connectivity index (χ1v) is 11.5. The van der Waals surface area contributed by atoms with Gasteiger partial charge in [-0.3, -0.25) is 4.79 Å². The fourth-order valence-electron chi connectivity index (χ4n) is 3.85. The first-order chi connectivity index (χ1) is 13.4. The van der Waals surface area contributed by atoms with Crippen LogP contribution in [0.15, 0.2) is 34.5 Å². The Hall–Kier alpha value is -1.84. The summed E-state index contributed by atoms with van der Waals surface area (Å²) in [6.45, 7) is 1.52. The molecule has 2 aromatic rings. The van der Waals surface area contributed by atoms with Gasteiger partial charge in [0.2, 0.25) is 15.9 Å². The first kappa shape index (κ1) is 19.5. The standard InChI is InChI=1S/C19H20F2N2O3S2/c20-15-1-2-16(21)18(11-15)28(25,26)23-8-3-13(4-9-23)19(24)22-7-5-17-14(12-22)6-10-27-17/h1-2,6,10-11,13H,3-5,7-9,12H2. The second-order valence-electron chi connectivity index (χ2n) is 7.13. The largest absolute Gasteiger partial charge is 0.338 e. The Morgan fingerprint density at radius 1 is 1.11 bits per heavy atom. The summed E-state index contributed by atoms with van der Waals surface area (Å²) in [5.74, 6) is -1.97. The summed E-state index contributed by atoms with van der Waals surface area (Å²) >= 11 is 1.71. The van der Waals surface area contributed by atoms with Crippen LogP contribution in [0.1, 0.15) is 23.3 Å². The number of nitrogens with zero attached hydrogens (tertiary/aromatic N) is 2. The molecule has 4 rings (SSSR count). The van der Waals surface area contributed by atoms with Crippen LogP contribution >= 0.6 is 11.3 Å². The number of carbonyl (C=O) groups is 1. The minimum Gasteiger partial charge on any atom is -0.338 e. The number of fused-ring (bicyclic) bond motifs is 1. The molecule has 0 unspecified atom stereocenters. The molecule has 5 nitrogen and oxygen atoms in total. The van der Waals surface area contributed by atoms with Gasteiger partial charge in [-0.15, -0.1) is 11.3 Å². The van der Waals surface area contributed by atoms with Gasteiger partial charge in [-0.25, -0.2) is 17.2 Å². The van der Waals surface area contributed by atoms with Crippen molar-refractivity contribution in [1.82, 2.24) is 9.21 Å². The lowest BCUT2D eigenvalue weighted by Crippen LogP contribution is -2.45. The van der Waals surface area contributed by atoms with Crippen molar-refractivity contribution in [3.8, 4) is 0 Å². The van der Waals surface area contributed by atoms with Crippen molar-refractivity contribution in [3.63, 3.8) is 0 Å². The summed E-state index contributed by atoms with van der Waals surface area (Å²) in [7, 11) is -4.13. The zero-order chi connectivity index (χ0) is 19.9. The molecule has 2 aliphatic heterocycles. The molecule has 0 N–H and O–H groups in total. The van der Waals surface area contributed by atoms with Crippen molar-refractivity contribution in [3.05, 3.63) is 51.7 Å². The highest BCUT2D eigenvalue weighted by Crippen LogP contribution is 2.29. The average molecular weight is 427 g/mol. The van der Waals surface area contributed by atoms with Gasteiger partial charge in [-0.05, 0) is 54.5 Å². The highest BCUT2D eigenvalue weighted by Gasteiger charge is 2.35. The van der Waals surface area contributed by atoms with Gasteiger partial charge in [0.05, 0.1) is 0 Å². The summed E-state index contributed by atoms with van der Waals surface area (Å²) in [5.41, 5.74) is 1.19. The molecule has 0 spiro atoms. The average Bonchev–Trinajstić information content (AvgIpc) is 3.17. The number of amides is 1. The van der Waals surface area contributed by atoms with Crippen LogP contribution in [0.4, 0.5) is 8.78 Å². The molecule has 150 valence electrons. The second-order valence-corrected chi connectivity index (χ2v) is 10.0. The van der Waals surface area contributed by atoms with Crippen molar-refractivity contribution in [2.75, 3.05) is 19.6 Å². The predicted octanol–water partition coefficient (Wildman–Crippen LogP) is 3.01. The third-order valence-corrected chi connectivity index (χ3v) is 8.37. The third kappa shape index (κ3) is 3.58. The summed E-state index contributed by atoms with van der Waals surface area (Å²) in [6.07, 6.45) is 1.61. The van der Waals surface area contributed by atoms with Crippen LogP contribution in [0.2, 0.25) is 0 Å². The van der Waals surface area contributed by atoms with Crippen molar-refractivity contribution in [1.29, 1.82) is 0 Å². The van der Waals surface area contributed by atoms with Gasteiger partial charge in [0, 0.05) is 37.0 Å². The molecule has 0 bridgehead atoms. The molecule has 0 saturated carbocycles. The van der Waals surface area contributed by atoms with Gasteiger partial charge in [0.1, 0.15) is 16.5 Å². The molecular formula is C19H20F2N2O3S2. The summed E-state index contributed by atoms with van der Waals surface area (Å²) in [6, 6.07) is 4.44. The van der Waals surface area contributed by atoms with Crippen molar-refractivity contribution in [2.45, 2.75) is 30.7 Å². The summed E-state index contributed by atoms with van der Waals surface area (Å²) in [5, 5.41) is 2.04. The molecule has 3 heterocycles. The number of carbonyl (C=O) groups excluding carboxylic acids is 1. The molecular weight excluding hydrogens is 406 g/mol. The van der Waals surface area contributed by atoms with Gasteiger partial charge in [0.25, 0.3) is 0 Å². The van der Waals surface area contributed by atoms with E-state index in [0.29, 0.717) is 32.0 Å². The highest BCUT2D eigenvalue weighted by molar-refractivity contribution is 7.89. The number of benzene rings is 1. The minimum atomic E-state index is -4.13. The molecule has 9 heteroatoms. The number of piperidine rings is 1. The number of halogens is 2. The summed E-state index contributed by atoms with van der Waals surface area (Å²) < 4.78 is 53.8. The lowest BCUT2D eigenvalue weighted by molar-refractivity contribution is -0.137. The Morgan fingerprint density at radius 2 is 1.86 bits per heavy atom. The van der Waals surface area contributed by atoms with E-state index in [1.807, 2.05) is 16.3 Å². The zero-order valence-corrected chi connectivity index (χ0v) is 16.7. The molecule has 28 heavy (non-hydrogen) atoms. The molecule has 0 atom stereocenters. The molecule has 1 saturated heterocycles. The molecule has 2 aliphatic rings. The lowest BCUT2D eigenvalue weighted by Gasteiger charge is -2.35. The van der Waals surface area contributed by atoms with Crippen LogP contribution in [-0.4, -0.2) is 43.2 Å². The lowest BCUT2D eigenvalue weighted by atomic mass is 9.95. The topological polar surface area (TPSA) is 57.7 Å². The van der Waals surface area contributed by atoms with E-state index in [2.05, 4.69) is 0 Å². The van der Waals surface area contributed by atoms with Gasteiger partial charge >= 0.3 is 0 Å². The monoisotopic (exact) mass is 426 g/mol. The Balaban J connectivity index is 1.42. The van der Waals surface area contributed by atoms with Crippen molar-refractivity contribution >= 4 is 27.3 Å². The molecule has 1 amide bonds. The van der Waals surface area contributed by atoms with E-state index in [1.165, 1.54) is 10.4 Å². The van der Waals surface area contributed by atoms with Gasteiger partial charge < -0.3 is 4.90 Å². The molecule has 0 aliphatic carbocycles. The third-order valence-electron chi connectivity index (χ3n) is 5.43.